The number of esters is 1. The van der Waals surface area contributed by atoms with E-state index in [-0.39, 0.29) is 5.97 Å². The SMILES string of the molecule is CCc1cc(N)cc(CC)c1OC(C)=O. The van der Waals surface area contributed by atoms with Crippen molar-refractivity contribution in [2.24, 2.45) is 0 Å². The topological polar surface area (TPSA) is 52.3 Å². The van der Waals surface area contributed by atoms with Crippen LogP contribution in [0.1, 0.15) is 31.9 Å². The molecule has 0 amide bonds. The second kappa shape index (κ2) is 4.82. The van der Waals surface area contributed by atoms with E-state index in [2.05, 4.69) is 0 Å². The third-order valence-electron chi connectivity index (χ3n) is 2.27. The Morgan fingerprint density at radius 3 is 2.07 bits per heavy atom. The van der Waals surface area contributed by atoms with Crippen molar-refractivity contribution < 1.29 is 9.53 Å². The highest BCUT2D eigenvalue weighted by Crippen LogP contribution is 2.28. The van der Waals surface area contributed by atoms with Crippen LogP contribution in [0, 0.1) is 0 Å². The average molecular weight is 207 g/mol. The van der Waals surface area contributed by atoms with Gasteiger partial charge in [-0.25, -0.2) is 0 Å². The average Bonchev–Trinajstić information content (AvgIpc) is 2.19. The van der Waals surface area contributed by atoms with Crippen LogP contribution >= 0.6 is 0 Å². The van der Waals surface area contributed by atoms with Gasteiger partial charge in [0.25, 0.3) is 0 Å². The molecule has 0 heterocycles. The number of aryl methyl sites for hydroxylation is 2. The summed E-state index contributed by atoms with van der Waals surface area (Å²) >= 11 is 0. The Hall–Kier alpha value is -1.51. The lowest BCUT2D eigenvalue weighted by molar-refractivity contribution is -0.132. The first-order valence-corrected chi connectivity index (χ1v) is 5.18. The van der Waals surface area contributed by atoms with Crippen LogP contribution in [0.25, 0.3) is 0 Å². The summed E-state index contributed by atoms with van der Waals surface area (Å²) in [7, 11) is 0. The van der Waals surface area contributed by atoms with Crippen LogP contribution in [0.5, 0.6) is 5.75 Å². The number of rotatable bonds is 3. The molecule has 0 spiro atoms. The fourth-order valence-electron chi connectivity index (χ4n) is 1.58. The minimum Gasteiger partial charge on any atom is -0.426 e. The van der Waals surface area contributed by atoms with Crippen molar-refractivity contribution >= 4 is 11.7 Å². The van der Waals surface area contributed by atoms with Gasteiger partial charge in [0.2, 0.25) is 0 Å². The molecular weight excluding hydrogens is 190 g/mol. The Morgan fingerprint density at radius 1 is 1.27 bits per heavy atom. The molecule has 0 fully saturated rings. The Bertz CT molecular complexity index is 347. The minimum atomic E-state index is -0.288. The standard InChI is InChI=1S/C12H17NO2/c1-4-9-6-11(13)7-10(5-2)12(9)15-8(3)14/h6-7H,4-5,13H2,1-3H3. The number of carbonyl (C=O) groups is 1. The molecule has 0 aromatic heterocycles. The van der Waals surface area contributed by atoms with E-state index in [0.29, 0.717) is 5.75 Å². The second-order valence-corrected chi connectivity index (χ2v) is 3.47. The molecular formula is C12H17NO2. The van der Waals surface area contributed by atoms with Gasteiger partial charge in [0.05, 0.1) is 0 Å². The number of carbonyl (C=O) groups excluding carboxylic acids is 1. The summed E-state index contributed by atoms with van der Waals surface area (Å²) in [5.74, 6) is 0.394. The monoisotopic (exact) mass is 207 g/mol. The third-order valence-corrected chi connectivity index (χ3v) is 2.27. The molecule has 3 nitrogen and oxygen atoms in total. The fourth-order valence-corrected chi connectivity index (χ4v) is 1.58. The quantitative estimate of drug-likeness (QED) is 0.470. The number of nitrogens with two attached hydrogens (primary N) is 1. The van der Waals surface area contributed by atoms with Gasteiger partial charge in [-0.05, 0) is 36.1 Å². The van der Waals surface area contributed by atoms with E-state index in [1.54, 1.807) is 0 Å². The van der Waals surface area contributed by atoms with Crippen LogP contribution in [0.4, 0.5) is 5.69 Å². The zero-order chi connectivity index (χ0) is 11.4. The predicted molar refractivity (Wildman–Crippen MR) is 60.9 cm³/mol. The number of hydrogen-bond donors (Lipinski definition) is 1. The van der Waals surface area contributed by atoms with Crippen LogP contribution < -0.4 is 10.5 Å². The molecule has 0 bridgehead atoms. The fraction of sp³-hybridized carbons (Fsp3) is 0.417. The number of nitrogen functional groups attached to an aromatic ring is 1. The molecule has 0 atom stereocenters. The van der Waals surface area contributed by atoms with Crippen molar-refractivity contribution in [3.05, 3.63) is 23.3 Å². The molecule has 15 heavy (non-hydrogen) atoms. The van der Waals surface area contributed by atoms with Gasteiger partial charge in [0.15, 0.2) is 0 Å². The predicted octanol–water partition coefficient (Wildman–Crippen LogP) is 2.32. The number of hydrogen-bond acceptors (Lipinski definition) is 3. The van der Waals surface area contributed by atoms with E-state index >= 15 is 0 Å². The van der Waals surface area contributed by atoms with Gasteiger partial charge >= 0.3 is 5.97 Å². The van der Waals surface area contributed by atoms with Gasteiger partial charge in [-0.3, -0.25) is 4.79 Å². The maximum Gasteiger partial charge on any atom is 0.308 e. The normalized spacial score (nSPS) is 10.1. The zero-order valence-corrected chi connectivity index (χ0v) is 9.46. The Kier molecular flexibility index (Phi) is 3.72. The molecule has 0 aliphatic rings. The largest absolute Gasteiger partial charge is 0.426 e. The maximum absolute atomic E-state index is 11.0. The minimum absolute atomic E-state index is 0.288. The van der Waals surface area contributed by atoms with Gasteiger partial charge in [-0.2, -0.15) is 0 Å². The highest BCUT2D eigenvalue weighted by atomic mass is 16.5. The summed E-state index contributed by atoms with van der Waals surface area (Å²) in [5.41, 5.74) is 8.47. The zero-order valence-electron chi connectivity index (χ0n) is 9.46. The van der Waals surface area contributed by atoms with Gasteiger partial charge < -0.3 is 10.5 Å². The van der Waals surface area contributed by atoms with E-state index in [4.69, 9.17) is 10.5 Å². The first kappa shape index (κ1) is 11.6. The van der Waals surface area contributed by atoms with Gasteiger partial charge in [0, 0.05) is 12.6 Å². The first-order valence-electron chi connectivity index (χ1n) is 5.18. The molecule has 0 saturated heterocycles. The Morgan fingerprint density at radius 2 is 1.73 bits per heavy atom. The van der Waals surface area contributed by atoms with Crippen molar-refractivity contribution in [3.63, 3.8) is 0 Å². The number of anilines is 1. The van der Waals surface area contributed by atoms with Crippen molar-refractivity contribution in [2.45, 2.75) is 33.6 Å². The summed E-state index contributed by atoms with van der Waals surface area (Å²) < 4.78 is 5.22. The number of benzene rings is 1. The first-order chi connectivity index (χ1) is 7.08. The smallest absolute Gasteiger partial charge is 0.308 e. The molecule has 0 unspecified atom stereocenters. The number of ether oxygens (including phenoxy) is 1. The van der Waals surface area contributed by atoms with Gasteiger partial charge in [-0.15, -0.1) is 0 Å². The lowest BCUT2D eigenvalue weighted by Gasteiger charge is -2.13. The van der Waals surface area contributed by atoms with E-state index in [1.807, 2.05) is 26.0 Å². The molecule has 82 valence electrons. The molecule has 0 saturated carbocycles. The Balaban J connectivity index is 3.23. The highest BCUT2D eigenvalue weighted by molar-refractivity contribution is 5.71. The second-order valence-electron chi connectivity index (χ2n) is 3.47. The van der Waals surface area contributed by atoms with E-state index in [0.717, 1.165) is 29.7 Å². The maximum atomic E-state index is 11.0. The Labute approximate surface area is 90.2 Å². The summed E-state index contributed by atoms with van der Waals surface area (Å²) in [6.07, 6.45) is 1.61. The van der Waals surface area contributed by atoms with Crippen molar-refractivity contribution in [3.8, 4) is 5.75 Å². The van der Waals surface area contributed by atoms with Crippen LogP contribution in [0.2, 0.25) is 0 Å². The molecule has 1 rings (SSSR count). The van der Waals surface area contributed by atoms with Crippen LogP contribution in [-0.2, 0) is 17.6 Å². The lowest BCUT2D eigenvalue weighted by Crippen LogP contribution is -2.07. The molecule has 0 aliphatic carbocycles. The molecule has 1 aromatic rings. The van der Waals surface area contributed by atoms with Gasteiger partial charge in [-0.1, -0.05) is 13.8 Å². The van der Waals surface area contributed by atoms with Crippen LogP contribution in [0.15, 0.2) is 12.1 Å². The van der Waals surface area contributed by atoms with Crippen molar-refractivity contribution in [2.75, 3.05) is 5.73 Å². The summed E-state index contributed by atoms with van der Waals surface area (Å²) in [6, 6.07) is 3.72. The van der Waals surface area contributed by atoms with Crippen LogP contribution in [0.3, 0.4) is 0 Å². The summed E-state index contributed by atoms with van der Waals surface area (Å²) in [6.45, 7) is 5.44. The molecule has 3 heteroatoms. The highest BCUT2D eigenvalue weighted by Gasteiger charge is 2.11. The van der Waals surface area contributed by atoms with Gasteiger partial charge in [0.1, 0.15) is 5.75 Å². The van der Waals surface area contributed by atoms with Crippen molar-refractivity contribution in [1.82, 2.24) is 0 Å². The van der Waals surface area contributed by atoms with E-state index in [1.165, 1.54) is 6.92 Å². The van der Waals surface area contributed by atoms with E-state index < -0.39 is 0 Å². The molecule has 1 aromatic carbocycles. The third kappa shape index (κ3) is 2.72. The lowest BCUT2D eigenvalue weighted by atomic mass is 10.0. The molecule has 0 radical (unpaired) electrons. The summed E-state index contributed by atoms with van der Waals surface area (Å²) in [5, 5.41) is 0. The molecule has 2 N–H and O–H groups in total. The van der Waals surface area contributed by atoms with Crippen molar-refractivity contribution in [1.29, 1.82) is 0 Å². The van der Waals surface area contributed by atoms with Crippen LogP contribution in [-0.4, -0.2) is 5.97 Å². The summed E-state index contributed by atoms with van der Waals surface area (Å²) in [4.78, 5) is 11.0. The molecule has 0 aliphatic heterocycles. The van der Waals surface area contributed by atoms with E-state index in [9.17, 15) is 4.79 Å².